The first-order valence-electron chi connectivity index (χ1n) is 11.8. The zero-order valence-electron chi connectivity index (χ0n) is 19.2. The molecule has 0 spiro atoms. The fraction of sp³-hybridized carbons (Fsp3) is 0.920. The number of ether oxygens (including phenoxy) is 2. The summed E-state index contributed by atoms with van der Waals surface area (Å²) in [7, 11) is 0. The Bertz CT molecular complexity index is 682. The number of aliphatic hydroxyl groups excluding tert-OH is 1. The quantitative estimate of drug-likeness (QED) is 0.406. The summed E-state index contributed by atoms with van der Waals surface area (Å²) in [6, 6.07) is 0. The van der Waals surface area contributed by atoms with Gasteiger partial charge in [-0.05, 0) is 80.5 Å². The maximum atomic E-state index is 10.7. The summed E-state index contributed by atoms with van der Waals surface area (Å²) in [6.45, 7) is 13.3. The van der Waals surface area contributed by atoms with Gasteiger partial charge >= 0.3 is 0 Å². The minimum atomic E-state index is -0.368. The standard InChI is InChI=1S/C25H40O3.Ac/c1-22(2)19-8-6-16-17-7-9-20(25(5)27-14-15-28-25)24(17,4)12-10-18(16)23(19,3)13-11-21(22)26;/h8,16-18,20-21,26H,6-7,9-15H2,1-5H3;/t16?,17?,18?,20-,21?,23+,24-;/m0./s1. The van der Waals surface area contributed by atoms with Gasteiger partial charge < -0.3 is 14.6 Å². The van der Waals surface area contributed by atoms with E-state index in [0.29, 0.717) is 11.3 Å². The Morgan fingerprint density at radius 1 is 0.897 bits per heavy atom. The Morgan fingerprint density at radius 2 is 1.59 bits per heavy atom. The smallest absolute Gasteiger partial charge is 0.169 e. The van der Waals surface area contributed by atoms with Crippen molar-refractivity contribution in [2.75, 3.05) is 13.2 Å². The van der Waals surface area contributed by atoms with Gasteiger partial charge in [0.2, 0.25) is 0 Å². The second-order valence-corrected chi connectivity index (χ2v) is 11.8. The monoisotopic (exact) mass is 615 g/mol. The molecule has 29 heavy (non-hydrogen) atoms. The van der Waals surface area contributed by atoms with Crippen LogP contribution in [0.15, 0.2) is 11.6 Å². The number of fused-ring (bicyclic) bond motifs is 5. The Hall–Kier alpha value is 1.06. The van der Waals surface area contributed by atoms with Crippen LogP contribution in [0, 0.1) is 84.0 Å². The van der Waals surface area contributed by atoms with Gasteiger partial charge in [-0.3, -0.25) is 0 Å². The molecule has 1 heterocycles. The number of allylic oxidation sites excluding steroid dienone is 1. The van der Waals surface area contributed by atoms with Crippen LogP contribution in [-0.4, -0.2) is 30.2 Å². The zero-order valence-corrected chi connectivity index (χ0v) is 23.9. The molecule has 5 aliphatic rings. The van der Waals surface area contributed by atoms with E-state index in [1.807, 2.05) is 0 Å². The molecule has 7 atom stereocenters. The van der Waals surface area contributed by atoms with Crippen molar-refractivity contribution >= 4 is 0 Å². The average Bonchev–Trinajstić information content (AvgIpc) is 3.22. The van der Waals surface area contributed by atoms with Crippen molar-refractivity contribution in [1.82, 2.24) is 0 Å². The van der Waals surface area contributed by atoms with Gasteiger partial charge in [0.1, 0.15) is 0 Å². The Balaban J connectivity index is 0.00000205. The van der Waals surface area contributed by atoms with Crippen LogP contribution >= 0.6 is 0 Å². The largest absolute Gasteiger partial charge is 0.392 e. The van der Waals surface area contributed by atoms with Gasteiger partial charge in [0, 0.05) is 55.4 Å². The van der Waals surface area contributed by atoms with E-state index in [2.05, 4.69) is 40.7 Å². The summed E-state index contributed by atoms with van der Waals surface area (Å²) in [5.41, 5.74) is 2.10. The van der Waals surface area contributed by atoms with Crippen molar-refractivity contribution in [2.24, 2.45) is 39.9 Å². The molecule has 3 saturated carbocycles. The molecule has 4 unspecified atom stereocenters. The van der Waals surface area contributed by atoms with E-state index in [1.165, 1.54) is 32.1 Å². The van der Waals surface area contributed by atoms with Crippen LogP contribution in [0.1, 0.15) is 79.6 Å². The molecule has 0 bridgehead atoms. The molecule has 1 N–H and O–H groups in total. The Kier molecular flexibility index (Phi) is 6.05. The normalized spacial score (nSPS) is 50.0. The third kappa shape index (κ3) is 3.16. The molecule has 0 aromatic heterocycles. The van der Waals surface area contributed by atoms with Crippen molar-refractivity contribution in [3.63, 3.8) is 0 Å². The van der Waals surface area contributed by atoms with Gasteiger partial charge in [-0.1, -0.05) is 39.3 Å². The first-order valence-corrected chi connectivity index (χ1v) is 11.8. The molecule has 1 saturated heterocycles. The molecule has 0 aromatic rings. The summed E-state index contributed by atoms with van der Waals surface area (Å²) >= 11 is 0. The van der Waals surface area contributed by atoms with Gasteiger partial charge in [0.05, 0.1) is 19.3 Å². The fourth-order valence-electron chi connectivity index (χ4n) is 8.98. The van der Waals surface area contributed by atoms with Crippen LogP contribution in [0.3, 0.4) is 0 Å². The number of hydrogen-bond donors (Lipinski definition) is 1. The number of hydrogen-bond acceptors (Lipinski definition) is 3. The van der Waals surface area contributed by atoms with E-state index in [1.54, 1.807) is 5.57 Å². The molecule has 5 rings (SSSR count). The second kappa shape index (κ2) is 7.55. The van der Waals surface area contributed by atoms with Gasteiger partial charge in [-0.15, -0.1) is 0 Å². The summed E-state index contributed by atoms with van der Waals surface area (Å²) in [6.07, 6.45) is 10.9. The molecule has 4 fully saturated rings. The van der Waals surface area contributed by atoms with Gasteiger partial charge in [-0.2, -0.15) is 0 Å². The van der Waals surface area contributed by atoms with E-state index < -0.39 is 0 Å². The molecule has 0 aromatic carbocycles. The summed E-state index contributed by atoms with van der Waals surface area (Å²) < 4.78 is 12.3. The summed E-state index contributed by atoms with van der Waals surface area (Å²) in [5.74, 6) is 2.50. The van der Waals surface area contributed by atoms with Crippen molar-refractivity contribution < 1.29 is 58.6 Å². The third-order valence-electron chi connectivity index (χ3n) is 10.4. The van der Waals surface area contributed by atoms with Crippen molar-refractivity contribution in [3.05, 3.63) is 11.6 Å². The van der Waals surface area contributed by atoms with Gasteiger partial charge in [0.15, 0.2) is 5.79 Å². The second-order valence-electron chi connectivity index (χ2n) is 11.8. The first-order chi connectivity index (χ1) is 13.1. The topological polar surface area (TPSA) is 38.7 Å². The third-order valence-corrected chi connectivity index (χ3v) is 10.4. The van der Waals surface area contributed by atoms with Crippen LogP contribution in [0.4, 0.5) is 0 Å². The van der Waals surface area contributed by atoms with Gasteiger partial charge in [-0.25, -0.2) is 0 Å². The average molecular weight is 616 g/mol. The SMILES string of the molecule is CC1(C)C2=CCC3C(CC[C@@]4(C)C3CC[C@@H]4C3(C)OCCO3)[C@@]2(C)CCC1O.[Ac]. The van der Waals surface area contributed by atoms with Crippen molar-refractivity contribution in [2.45, 2.75) is 91.5 Å². The van der Waals surface area contributed by atoms with Gasteiger partial charge in [0.25, 0.3) is 0 Å². The minimum Gasteiger partial charge on any atom is -0.392 e. The van der Waals surface area contributed by atoms with Crippen molar-refractivity contribution in [1.29, 1.82) is 0 Å². The molecule has 4 heteroatoms. The van der Waals surface area contributed by atoms with Crippen LogP contribution in [-0.2, 0) is 9.47 Å². The molecule has 3 nitrogen and oxygen atoms in total. The van der Waals surface area contributed by atoms with Crippen LogP contribution in [0.5, 0.6) is 0 Å². The number of aliphatic hydroxyl groups is 1. The maximum Gasteiger partial charge on any atom is 0.169 e. The predicted molar refractivity (Wildman–Crippen MR) is 111 cm³/mol. The Labute approximate surface area is 213 Å². The van der Waals surface area contributed by atoms with Crippen LogP contribution in [0.2, 0.25) is 0 Å². The van der Waals surface area contributed by atoms with Crippen LogP contribution < -0.4 is 0 Å². The van der Waals surface area contributed by atoms with Crippen LogP contribution in [0.25, 0.3) is 0 Å². The van der Waals surface area contributed by atoms with E-state index in [9.17, 15) is 5.11 Å². The number of rotatable bonds is 1. The zero-order chi connectivity index (χ0) is 19.9. The first kappa shape index (κ1) is 23.2. The molecular formula is C25H40AcO3. The maximum absolute atomic E-state index is 10.7. The predicted octanol–water partition coefficient (Wildman–Crippen LogP) is 5.33. The molecule has 161 valence electrons. The summed E-state index contributed by atoms with van der Waals surface area (Å²) in [5, 5.41) is 10.7. The molecule has 4 aliphatic carbocycles. The molecule has 1 radical (unpaired) electrons. The van der Waals surface area contributed by atoms with E-state index in [-0.39, 0.29) is 66.8 Å². The van der Waals surface area contributed by atoms with E-state index in [0.717, 1.165) is 43.8 Å². The summed E-state index contributed by atoms with van der Waals surface area (Å²) in [4.78, 5) is 0. The molecule has 1 aliphatic heterocycles. The molecule has 0 amide bonds. The van der Waals surface area contributed by atoms with E-state index >= 15 is 0 Å². The minimum absolute atomic E-state index is 0. The van der Waals surface area contributed by atoms with E-state index in [4.69, 9.17) is 9.47 Å². The fourth-order valence-corrected chi connectivity index (χ4v) is 8.98. The Morgan fingerprint density at radius 3 is 2.28 bits per heavy atom. The van der Waals surface area contributed by atoms with Crippen molar-refractivity contribution in [3.8, 4) is 0 Å². The molecular weight excluding hydrogens is 575 g/mol.